The molecule has 3 aromatic carbocycles. The fourth-order valence-corrected chi connectivity index (χ4v) is 4.67. The number of hydrogen-bond acceptors (Lipinski definition) is 8. The van der Waals surface area contributed by atoms with Gasteiger partial charge >= 0.3 is 0 Å². The highest BCUT2D eigenvalue weighted by Crippen LogP contribution is 2.35. The minimum absolute atomic E-state index is 0. The highest BCUT2D eigenvalue weighted by Gasteiger charge is 2.29. The first-order valence-electron chi connectivity index (χ1n) is 20.1. The summed E-state index contributed by atoms with van der Waals surface area (Å²) in [5, 5.41) is 11.5. The van der Waals surface area contributed by atoms with Crippen molar-refractivity contribution < 1.29 is 42.1 Å². The number of carbonyl (C=O) groups excluding carboxylic acids is 3. The van der Waals surface area contributed by atoms with Gasteiger partial charge in [-0.25, -0.2) is 27.7 Å². The van der Waals surface area contributed by atoms with E-state index in [-0.39, 0.29) is 54.9 Å². The number of carbonyl (C=O) groups is 3. The standard InChI is InChI=1S/C16H20FNO2.C16H22N2O2.C8H17NO2.C7H3F2N.H3N/c2*1-5-6-10-14(19)16(2,3)11-20-13-9-7-8-12(17)15(13)18-4;1-4-5-9-7(11)8(2,3)6-10;1-10-7-5(8)3-2-4-6(7)9;/h7-9H,5-6,10-11H2,1-3H3;7-9H,5-6,10-11,17H2,1-3H3;10H,4-6H2,1-3H3,(H,9,11);2-4H;1H3. The molecule has 0 heterocycles. The topological polar surface area (TPSA) is 176 Å². The summed E-state index contributed by atoms with van der Waals surface area (Å²) in [4.78, 5) is 44.5. The van der Waals surface area contributed by atoms with E-state index in [1.807, 2.05) is 41.5 Å². The molecule has 0 saturated heterocycles. The highest BCUT2D eigenvalue weighted by atomic mass is 19.1. The van der Waals surface area contributed by atoms with Crippen LogP contribution in [0.15, 0.2) is 54.6 Å². The number of Topliss-reactive ketones (excluding diaryl/α,β-unsaturated/α-hetero) is 2. The van der Waals surface area contributed by atoms with Gasteiger partial charge in [0.25, 0.3) is 11.4 Å². The lowest BCUT2D eigenvalue weighted by atomic mass is 9.86. The minimum atomic E-state index is -0.810. The van der Waals surface area contributed by atoms with Gasteiger partial charge in [0.05, 0.1) is 55.8 Å². The number of aliphatic hydroxyl groups excluding tert-OH is 1. The maximum Gasteiger partial charge on any atom is 0.262 e. The molecule has 0 bridgehead atoms. The Labute approximate surface area is 366 Å². The zero-order valence-corrected chi connectivity index (χ0v) is 37.7. The molecular formula is C47H65F3N6O6. The fraction of sp³-hybridized carbons (Fsp3) is 0.489. The zero-order chi connectivity index (χ0) is 46.8. The van der Waals surface area contributed by atoms with E-state index in [1.54, 1.807) is 38.1 Å². The van der Waals surface area contributed by atoms with Crippen LogP contribution in [0.25, 0.3) is 14.5 Å². The van der Waals surface area contributed by atoms with Crippen molar-refractivity contribution in [2.75, 3.05) is 32.1 Å². The molecule has 0 radical (unpaired) electrons. The minimum Gasteiger partial charge on any atom is -0.504 e. The molecular weight excluding hydrogens is 802 g/mol. The van der Waals surface area contributed by atoms with Gasteiger partial charge in [-0.15, -0.1) is 0 Å². The van der Waals surface area contributed by atoms with Crippen molar-refractivity contribution in [1.82, 2.24) is 11.5 Å². The Morgan fingerprint density at radius 2 is 1.03 bits per heavy atom. The normalized spacial score (nSPS) is 10.5. The first-order chi connectivity index (χ1) is 28.6. The van der Waals surface area contributed by atoms with E-state index in [4.69, 9.17) is 40.0 Å². The largest absolute Gasteiger partial charge is 0.504 e. The number of rotatable bonds is 18. The average molecular weight is 867 g/mol. The second-order valence-corrected chi connectivity index (χ2v) is 15.9. The molecule has 0 unspecified atom stereocenters. The van der Waals surface area contributed by atoms with Gasteiger partial charge < -0.3 is 31.8 Å². The van der Waals surface area contributed by atoms with Crippen LogP contribution >= 0.6 is 0 Å². The number of aliphatic hydroxyl groups is 1. The van der Waals surface area contributed by atoms with Crippen LogP contribution in [0.1, 0.15) is 107 Å². The molecule has 1 amide bonds. The number of ether oxygens (including phenoxy) is 2. The molecule has 7 N–H and O–H groups in total. The Morgan fingerprint density at radius 3 is 1.40 bits per heavy atom. The Kier molecular flexibility index (Phi) is 27.5. The lowest BCUT2D eigenvalue weighted by Crippen LogP contribution is -2.39. The maximum absolute atomic E-state index is 13.4. The number of ketones is 2. The van der Waals surface area contributed by atoms with Crippen LogP contribution in [0.5, 0.6) is 11.5 Å². The van der Waals surface area contributed by atoms with Crippen molar-refractivity contribution in [2.45, 2.75) is 107 Å². The molecule has 0 aliphatic carbocycles. The smallest absolute Gasteiger partial charge is 0.262 e. The van der Waals surface area contributed by atoms with Gasteiger partial charge in [-0.05, 0) is 97.2 Å². The van der Waals surface area contributed by atoms with Crippen molar-refractivity contribution in [3.63, 3.8) is 0 Å². The van der Waals surface area contributed by atoms with Crippen molar-refractivity contribution in [3.05, 3.63) is 106 Å². The predicted octanol–water partition coefficient (Wildman–Crippen LogP) is 11.7. The molecule has 12 nitrogen and oxygen atoms in total. The van der Waals surface area contributed by atoms with Gasteiger partial charge in [0.2, 0.25) is 11.6 Å². The van der Waals surface area contributed by atoms with E-state index in [1.165, 1.54) is 18.2 Å². The summed E-state index contributed by atoms with van der Waals surface area (Å²) in [5.41, 5.74) is 3.93. The van der Waals surface area contributed by atoms with Crippen LogP contribution in [0, 0.1) is 53.4 Å². The first kappa shape index (κ1) is 58.1. The number of nitrogens with two attached hydrogens (primary N) is 1. The van der Waals surface area contributed by atoms with Crippen molar-refractivity contribution >= 4 is 40.2 Å². The molecule has 3 aromatic rings. The number of nitrogens with one attached hydrogen (secondary N) is 1. The molecule has 0 aliphatic rings. The molecule has 340 valence electrons. The van der Waals surface area contributed by atoms with Crippen molar-refractivity contribution in [1.29, 1.82) is 0 Å². The summed E-state index contributed by atoms with van der Waals surface area (Å²) >= 11 is 0. The number of para-hydroxylation sites is 3. The summed E-state index contributed by atoms with van der Waals surface area (Å²) < 4.78 is 49.4. The molecule has 0 fully saturated rings. The van der Waals surface area contributed by atoms with E-state index in [0.717, 1.165) is 44.2 Å². The Morgan fingerprint density at radius 1 is 0.645 bits per heavy atom. The molecule has 0 atom stereocenters. The number of unbranched alkanes of at least 4 members (excludes halogenated alkanes) is 2. The van der Waals surface area contributed by atoms with Crippen LogP contribution in [0.3, 0.4) is 0 Å². The first-order valence-corrected chi connectivity index (χ1v) is 20.1. The quantitative estimate of drug-likeness (QED) is 0.0721. The monoisotopic (exact) mass is 866 g/mol. The van der Waals surface area contributed by atoms with E-state index in [2.05, 4.69) is 26.8 Å². The summed E-state index contributed by atoms with van der Waals surface area (Å²) in [6.07, 6.45) is 5.73. The molecule has 0 spiro atoms. The van der Waals surface area contributed by atoms with Crippen LogP contribution in [0.4, 0.5) is 35.9 Å². The fourth-order valence-electron chi connectivity index (χ4n) is 4.67. The predicted molar refractivity (Wildman–Crippen MR) is 239 cm³/mol. The molecule has 15 heteroatoms. The third-order valence-corrected chi connectivity index (χ3v) is 9.00. The van der Waals surface area contributed by atoms with Gasteiger partial charge in [-0.3, -0.25) is 14.4 Å². The second kappa shape index (κ2) is 29.3. The van der Waals surface area contributed by atoms with Crippen LogP contribution in [-0.4, -0.2) is 48.9 Å². The molecule has 62 heavy (non-hydrogen) atoms. The van der Waals surface area contributed by atoms with E-state index in [9.17, 15) is 27.6 Å². The van der Waals surface area contributed by atoms with Gasteiger partial charge in [0.1, 0.15) is 40.5 Å². The molecule has 3 rings (SSSR count). The van der Waals surface area contributed by atoms with Crippen molar-refractivity contribution in [2.24, 2.45) is 16.2 Å². The number of anilines is 1. The summed E-state index contributed by atoms with van der Waals surface area (Å²) in [6.45, 7) is 38.3. The summed E-state index contributed by atoms with van der Waals surface area (Å²) in [6, 6.07) is 12.7. The van der Waals surface area contributed by atoms with Gasteiger partial charge in [0, 0.05) is 25.1 Å². The number of amides is 1. The van der Waals surface area contributed by atoms with Crippen molar-refractivity contribution in [3.8, 4) is 11.5 Å². The number of benzene rings is 3. The van der Waals surface area contributed by atoms with Gasteiger partial charge in [0.15, 0.2) is 0 Å². The average Bonchev–Trinajstić information content (AvgIpc) is 3.23. The number of nitrogens with zero attached hydrogens (tertiary/aromatic N) is 3. The Hall–Kier alpha value is -5.95. The summed E-state index contributed by atoms with van der Waals surface area (Å²) in [5.74, 6) is -1.36. The molecule has 0 aromatic heterocycles. The van der Waals surface area contributed by atoms with E-state index in [0.29, 0.717) is 36.5 Å². The molecule has 0 aliphatic heterocycles. The maximum atomic E-state index is 13.4. The summed E-state index contributed by atoms with van der Waals surface area (Å²) in [7, 11) is 0. The van der Waals surface area contributed by atoms with E-state index >= 15 is 0 Å². The van der Waals surface area contributed by atoms with E-state index < -0.39 is 39.4 Å². The third kappa shape index (κ3) is 20.1. The Bertz CT molecular complexity index is 1890. The third-order valence-electron chi connectivity index (χ3n) is 9.00. The van der Waals surface area contributed by atoms with Crippen LogP contribution in [0.2, 0.25) is 0 Å². The highest BCUT2D eigenvalue weighted by molar-refractivity contribution is 5.85. The number of halogens is 3. The second-order valence-electron chi connectivity index (χ2n) is 15.9. The Balaban J connectivity index is 0. The van der Waals surface area contributed by atoms with Gasteiger partial charge in [-0.1, -0.05) is 51.8 Å². The zero-order valence-electron chi connectivity index (χ0n) is 37.7. The lowest BCUT2D eigenvalue weighted by molar-refractivity contribution is -0.131. The number of nitrogen functional groups attached to an aromatic ring is 1. The molecule has 0 saturated carbocycles. The van der Waals surface area contributed by atoms with Gasteiger partial charge in [-0.2, -0.15) is 0 Å². The number of hydrogen-bond donors (Lipinski definition) is 4. The SMILES string of the molecule is CCCNC(=O)C(C)(C)CO.N.[C-]#[N+]c1c(F)cccc1F.[C-]#[N+]c1c(F)cccc1OCC(C)(C)C(=O)CCCC.[C-]#[N+]c1c(N)cccc1OCC(C)(C)C(=O)CCCC. The lowest BCUT2D eigenvalue weighted by Gasteiger charge is -2.24. The van der Waals surface area contributed by atoms with Crippen LogP contribution < -0.4 is 26.7 Å². The van der Waals surface area contributed by atoms with Crippen LogP contribution in [-0.2, 0) is 14.4 Å².